The molecule has 6 heteroatoms. The molecule has 0 aliphatic rings. The van der Waals surface area contributed by atoms with Crippen LogP contribution in [-0.2, 0) is 10.5 Å². The molecule has 2 aromatic carbocycles. The molecule has 1 heterocycles. The molecule has 25 heavy (non-hydrogen) atoms. The summed E-state index contributed by atoms with van der Waals surface area (Å²) in [5.74, 6) is 1.81. The summed E-state index contributed by atoms with van der Waals surface area (Å²) in [5, 5.41) is 3.98. The minimum absolute atomic E-state index is 0.0290. The second-order valence-corrected chi connectivity index (χ2v) is 7.56. The molecule has 0 saturated carbocycles. The van der Waals surface area contributed by atoms with Crippen molar-refractivity contribution in [1.82, 2.24) is 4.98 Å². The lowest BCUT2D eigenvalue weighted by atomic mass is 10.3. The number of rotatable bonds is 8. The standard InChI is InChI=1S/C19H20N2O2S2/c1-2-11-23-16-9-5-3-7-14(16)20-18(22)12-24-13-19-21-15-8-4-6-10-17(15)25-19/h3-10H,2,11-13H2,1H3,(H,20,22). The van der Waals surface area contributed by atoms with E-state index in [1.165, 1.54) is 4.70 Å². The van der Waals surface area contributed by atoms with E-state index in [2.05, 4.69) is 23.3 Å². The van der Waals surface area contributed by atoms with Crippen molar-refractivity contribution < 1.29 is 9.53 Å². The molecule has 0 unspecified atom stereocenters. The highest BCUT2D eigenvalue weighted by Gasteiger charge is 2.09. The zero-order valence-electron chi connectivity index (χ0n) is 14.0. The monoisotopic (exact) mass is 372 g/mol. The first-order valence-electron chi connectivity index (χ1n) is 8.20. The molecular formula is C19H20N2O2S2. The van der Waals surface area contributed by atoms with Gasteiger partial charge in [0, 0.05) is 5.75 Å². The van der Waals surface area contributed by atoms with Gasteiger partial charge in [-0.2, -0.15) is 0 Å². The van der Waals surface area contributed by atoms with Gasteiger partial charge < -0.3 is 10.1 Å². The van der Waals surface area contributed by atoms with Crippen molar-refractivity contribution in [1.29, 1.82) is 0 Å². The highest BCUT2D eigenvalue weighted by molar-refractivity contribution is 7.99. The summed E-state index contributed by atoms with van der Waals surface area (Å²) >= 11 is 3.25. The molecule has 0 atom stereocenters. The van der Waals surface area contributed by atoms with Crippen LogP contribution in [0.2, 0.25) is 0 Å². The Morgan fingerprint density at radius 2 is 2.00 bits per heavy atom. The van der Waals surface area contributed by atoms with Crippen molar-refractivity contribution in [3.63, 3.8) is 0 Å². The van der Waals surface area contributed by atoms with Crippen molar-refractivity contribution in [2.45, 2.75) is 19.1 Å². The molecule has 0 aliphatic carbocycles. The fourth-order valence-electron chi connectivity index (χ4n) is 2.31. The fourth-order valence-corrected chi connectivity index (χ4v) is 4.15. The van der Waals surface area contributed by atoms with Crippen LogP contribution in [0.3, 0.4) is 0 Å². The predicted octanol–water partition coefficient (Wildman–Crippen LogP) is 4.96. The topological polar surface area (TPSA) is 51.2 Å². The first kappa shape index (κ1) is 17.8. The van der Waals surface area contributed by atoms with Crippen molar-refractivity contribution in [3.8, 4) is 5.75 Å². The lowest BCUT2D eigenvalue weighted by Crippen LogP contribution is -2.15. The van der Waals surface area contributed by atoms with Gasteiger partial charge in [0.15, 0.2) is 0 Å². The van der Waals surface area contributed by atoms with Gasteiger partial charge in [-0.1, -0.05) is 31.2 Å². The Bertz CT molecular complexity index is 815. The molecule has 1 amide bonds. The normalized spacial score (nSPS) is 10.8. The first-order valence-corrected chi connectivity index (χ1v) is 10.2. The molecule has 0 fully saturated rings. The van der Waals surface area contributed by atoms with Gasteiger partial charge in [0.2, 0.25) is 5.91 Å². The Hall–Kier alpha value is -2.05. The number of para-hydroxylation sites is 3. The highest BCUT2D eigenvalue weighted by Crippen LogP contribution is 2.26. The van der Waals surface area contributed by atoms with Gasteiger partial charge in [0.05, 0.1) is 28.3 Å². The average Bonchev–Trinajstić information content (AvgIpc) is 3.03. The molecular weight excluding hydrogens is 352 g/mol. The number of hydrogen-bond donors (Lipinski definition) is 1. The molecule has 0 radical (unpaired) electrons. The Morgan fingerprint density at radius 1 is 1.20 bits per heavy atom. The number of thiazole rings is 1. The number of benzene rings is 2. The molecule has 0 spiro atoms. The number of fused-ring (bicyclic) bond motifs is 1. The van der Waals surface area contributed by atoms with Crippen LogP contribution in [0, 0.1) is 0 Å². The number of hydrogen-bond acceptors (Lipinski definition) is 5. The Balaban J connectivity index is 1.51. The van der Waals surface area contributed by atoms with Gasteiger partial charge in [-0.15, -0.1) is 23.1 Å². The zero-order chi connectivity index (χ0) is 17.5. The maximum Gasteiger partial charge on any atom is 0.234 e. The van der Waals surface area contributed by atoms with E-state index in [0.29, 0.717) is 18.1 Å². The van der Waals surface area contributed by atoms with E-state index in [4.69, 9.17) is 4.74 Å². The molecule has 4 nitrogen and oxygen atoms in total. The van der Waals surface area contributed by atoms with Crippen LogP contribution in [0.1, 0.15) is 18.4 Å². The number of carbonyl (C=O) groups is 1. The molecule has 1 aromatic heterocycles. The smallest absolute Gasteiger partial charge is 0.234 e. The van der Waals surface area contributed by atoms with Crippen LogP contribution in [0.25, 0.3) is 10.2 Å². The van der Waals surface area contributed by atoms with Crippen molar-refractivity contribution in [3.05, 3.63) is 53.5 Å². The van der Waals surface area contributed by atoms with Crippen LogP contribution >= 0.6 is 23.1 Å². The maximum absolute atomic E-state index is 12.2. The average molecular weight is 373 g/mol. The number of anilines is 1. The van der Waals surface area contributed by atoms with Gasteiger partial charge in [-0.05, 0) is 30.7 Å². The van der Waals surface area contributed by atoms with Gasteiger partial charge in [-0.25, -0.2) is 4.98 Å². The van der Waals surface area contributed by atoms with E-state index in [9.17, 15) is 4.79 Å². The quantitative estimate of drug-likeness (QED) is 0.607. The Kier molecular flexibility index (Phi) is 6.30. The van der Waals surface area contributed by atoms with E-state index in [1.807, 2.05) is 42.5 Å². The van der Waals surface area contributed by atoms with Crippen molar-refractivity contribution in [2.24, 2.45) is 0 Å². The van der Waals surface area contributed by atoms with E-state index in [-0.39, 0.29) is 5.91 Å². The summed E-state index contributed by atoms with van der Waals surface area (Å²) in [7, 11) is 0. The summed E-state index contributed by atoms with van der Waals surface area (Å²) in [6.07, 6.45) is 0.931. The van der Waals surface area contributed by atoms with Crippen LogP contribution in [0.5, 0.6) is 5.75 Å². The van der Waals surface area contributed by atoms with Crippen LogP contribution in [0.15, 0.2) is 48.5 Å². The molecule has 1 N–H and O–H groups in total. The van der Waals surface area contributed by atoms with E-state index < -0.39 is 0 Å². The number of nitrogens with one attached hydrogen (secondary N) is 1. The summed E-state index contributed by atoms with van der Waals surface area (Å²) in [5.41, 5.74) is 1.75. The van der Waals surface area contributed by atoms with Crippen molar-refractivity contribution in [2.75, 3.05) is 17.7 Å². The van der Waals surface area contributed by atoms with Crippen LogP contribution < -0.4 is 10.1 Å². The lowest BCUT2D eigenvalue weighted by Gasteiger charge is -2.11. The Morgan fingerprint density at radius 3 is 2.84 bits per heavy atom. The largest absolute Gasteiger partial charge is 0.491 e. The van der Waals surface area contributed by atoms with Crippen molar-refractivity contribution >= 4 is 44.9 Å². The Labute approximate surface area is 155 Å². The molecule has 0 aliphatic heterocycles. The third-order valence-corrected chi connectivity index (χ3v) is 5.58. The van der Waals surface area contributed by atoms with Gasteiger partial charge in [-0.3, -0.25) is 4.79 Å². The van der Waals surface area contributed by atoms with Crippen LogP contribution in [-0.4, -0.2) is 23.3 Å². The number of ether oxygens (including phenoxy) is 1. The molecule has 0 saturated heterocycles. The highest BCUT2D eigenvalue weighted by atomic mass is 32.2. The second-order valence-electron chi connectivity index (χ2n) is 5.46. The molecule has 130 valence electrons. The van der Waals surface area contributed by atoms with Gasteiger partial charge in [0.1, 0.15) is 10.8 Å². The summed E-state index contributed by atoms with van der Waals surface area (Å²) in [4.78, 5) is 16.8. The second kappa shape index (κ2) is 8.87. The summed E-state index contributed by atoms with van der Waals surface area (Å²) < 4.78 is 6.85. The van der Waals surface area contributed by atoms with E-state index in [1.54, 1.807) is 23.1 Å². The predicted molar refractivity (Wildman–Crippen MR) is 107 cm³/mol. The maximum atomic E-state index is 12.2. The third-order valence-electron chi connectivity index (χ3n) is 3.42. The molecule has 3 aromatic rings. The molecule has 0 bridgehead atoms. The third kappa shape index (κ3) is 4.96. The van der Waals surface area contributed by atoms with Gasteiger partial charge >= 0.3 is 0 Å². The fraction of sp³-hybridized carbons (Fsp3) is 0.263. The lowest BCUT2D eigenvalue weighted by molar-refractivity contribution is -0.113. The zero-order valence-corrected chi connectivity index (χ0v) is 15.7. The number of nitrogens with zero attached hydrogens (tertiary/aromatic N) is 1. The number of amides is 1. The van der Waals surface area contributed by atoms with Crippen LogP contribution in [0.4, 0.5) is 5.69 Å². The van der Waals surface area contributed by atoms with E-state index >= 15 is 0 Å². The van der Waals surface area contributed by atoms with Gasteiger partial charge in [0.25, 0.3) is 0 Å². The SMILES string of the molecule is CCCOc1ccccc1NC(=O)CSCc1nc2ccccc2s1. The number of aromatic nitrogens is 1. The number of thioether (sulfide) groups is 1. The summed E-state index contributed by atoms with van der Waals surface area (Å²) in [6.45, 7) is 2.69. The summed E-state index contributed by atoms with van der Waals surface area (Å²) in [6, 6.07) is 15.6. The minimum Gasteiger partial charge on any atom is -0.491 e. The van der Waals surface area contributed by atoms with E-state index in [0.717, 1.165) is 28.4 Å². The number of carbonyl (C=O) groups excluding carboxylic acids is 1. The minimum atomic E-state index is -0.0290. The first-order chi connectivity index (χ1) is 12.3. The molecule has 3 rings (SSSR count).